The maximum absolute atomic E-state index is 14.2. The average Bonchev–Trinajstić information content (AvgIpc) is 3.13. The van der Waals surface area contributed by atoms with Crippen molar-refractivity contribution in [2.24, 2.45) is 0 Å². The molecule has 0 atom stereocenters. The van der Waals surface area contributed by atoms with E-state index in [4.69, 9.17) is 4.74 Å². The van der Waals surface area contributed by atoms with Crippen LogP contribution in [0.5, 0.6) is 5.75 Å². The minimum Gasteiger partial charge on any atom is -0.495 e. The van der Waals surface area contributed by atoms with Crippen molar-refractivity contribution in [3.05, 3.63) is 87.1 Å². The molecule has 2 aromatic carbocycles. The van der Waals surface area contributed by atoms with E-state index in [0.717, 1.165) is 0 Å². The fraction of sp³-hybridized carbons (Fsp3) is 0.227. The number of hydrogen-bond donors (Lipinski definition) is 0. The highest BCUT2D eigenvalue weighted by Gasteiger charge is 2.22. The van der Waals surface area contributed by atoms with Crippen LogP contribution in [0.1, 0.15) is 25.5 Å². The van der Waals surface area contributed by atoms with E-state index in [1.165, 1.54) is 28.6 Å². The predicted molar refractivity (Wildman–Crippen MR) is 112 cm³/mol. The van der Waals surface area contributed by atoms with E-state index in [2.05, 4.69) is 4.98 Å². The first-order valence-corrected chi connectivity index (χ1v) is 9.53. The van der Waals surface area contributed by atoms with Gasteiger partial charge in [-0.1, -0.05) is 30.3 Å². The second-order valence-electron chi connectivity index (χ2n) is 7.19. The van der Waals surface area contributed by atoms with Crippen molar-refractivity contribution < 1.29 is 9.13 Å². The Morgan fingerprint density at radius 3 is 2.47 bits per heavy atom. The molecule has 4 aromatic rings. The first-order chi connectivity index (χ1) is 14.4. The molecule has 2 heterocycles. The molecule has 0 radical (unpaired) electrons. The highest BCUT2D eigenvalue weighted by molar-refractivity contribution is 5.73. The summed E-state index contributed by atoms with van der Waals surface area (Å²) in [5, 5.41) is 0. The number of nitrogens with zero attached hydrogens (tertiary/aromatic N) is 4. The van der Waals surface area contributed by atoms with Crippen molar-refractivity contribution in [1.29, 1.82) is 0 Å². The number of ether oxygens (including phenoxy) is 1. The summed E-state index contributed by atoms with van der Waals surface area (Å²) in [4.78, 5) is 30.9. The molecule has 0 aliphatic rings. The van der Waals surface area contributed by atoms with Gasteiger partial charge in [-0.05, 0) is 32.0 Å². The predicted octanol–water partition coefficient (Wildman–Crippen LogP) is 3.13. The molecular weight excluding hydrogens is 387 g/mol. The van der Waals surface area contributed by atoms with E-state index in [-0.39, 0.29) is 29.6 Å². The lowest BCUT2D eigenvalue weighted by Crippen LogP contribution is -2.41. The SMILES string of the molecule is COc1ccccc1-n1c(=O)n(C(C)C)c(=O)c2c1ncn2Cc1ccccc1F. The summed E-state index contributed by atoms with van der Waals surface area (Å²) in [5.41, 5.74) is 0.330. The zero-order chi connectivity index (χ0) is 21.4. The van der Waals surface area contributed by atoms with E-state index < -0.39 is 11.2 Å². The zero-order valence-electron chi connectivity index (χ0n) is 16.9. The summed E-state index contributed by atoms with van der Waals surface area (Å²) in [7, 11) is 1.51. The molecule has 0 spiro atoms. The fourth-order valence-corrected chi connectivity index (χ4v) is 3.57. The van der Waals surface area contributed by atoms with E-state index in [1.807, 2.05) is 0 Å². The molecular formula is C22H21FN4O3. The molecule has 30 heavy (non-hydrogen) atoms. The standard InChI is InChI=1S/C22H21FN4O3/c1-14(2)26-21(28)19-20(24-13-25(19)12-15-8-4-5-9-16(15)23)27(22(26)29)17-10-6-7-11-18(17)30-3/h4-11,13-14H,12H2,1-3H3. The Morgan fingerprint density at radius 2 is 1.77 bits per heavy atom. The zero-order valence-corrected chi connectivity index (χ0v) is 16.9. The number of imidazole rings is 1. The number of methoxy groups -OCH3 is 1. The van der Waals surface area contributed by atoms with Crippen molar-refractivity contribution in [3.63, 3.8) is 0 Å². The van der Waals surface area contributed by atoms with Gasteiger partial charge in [-0.25, -0.2) is 18.7 Å². The van der Waals surface area contributed by atoms with E-state index in [1.54, 1.807) is 60.9 Å². The van der Waals surface area contributed by atoms with Crippen LogP contribution in [0.2, 0.25) is 0 Å². The van der Waals surface area contributed by atoms with Crippen molar-refractivity contribution in [2.45, 2.75) is 26.4 Å². The van der Waals surface area contributed by atoms with Crippen LogP contribution >= 0.6 is 0 Å². The van der Waals surface area contributed by atoms with Gasteiger partial charge in [-0.15, -0.1) is 0 Å². The summed E-state index contributed by atoms with van der Waals surface area (Å²) >= 11 is 0. The van der Waals surface area contributed by atoms with Crippen molar-refractivity contribution in [3.8, 4) is 11.4 Å². The Labute approximate surface area is 171 Å². The van der Waals surface area contributed by atoms with Crippen LogP contribution < -0.4 is 16.0 Å². The first-order valence-electron chi connectivity index (χ1n) is 9.53. The van der Waals surface area contributed by atoms with Crippen LogP contribution in [0.3, 0.4) is 0 Å². The first kappa shape index (κ1) is 19.6. The van der Waals surface area contributed by atoms with E-state index in [9.17, 15) is 14.0 Å². The monoisotopic (exact) mass is 408 g/mol. The molecule has 0 fully saturated rings. The highest BCUT2D eigenvalue weighted by Crippen LogP contribution is 2.24. The van der Waals surface area contributed by atoms with Crippen molar-refractivity contribution in [2.75, 3.05) is 7.11 Å². The lowest BCUT2D eigenvalue weighted by molar-refractivity contribution is 0.412. The summed E-state index contributed by atoms with van der Waals surface area (Å²) in [6.07, 6.45) is 1.45. The molecule has 0 unspecified atom stereocenters. The Hall–Kier alpha value is -3.68. The largest absolute Gasteiger partial charge is 0.495 e. The average molecular weight is 408 g/mol. The second-order valence-corrected chi connectivity index (χ2v) is 7.19. The molecule has 7 nitrogen and oxygen atoms in total. The van der Waals surface area contributed by atoms with Gasteiger partial charge in [0.25, 0.3) is 5.56 Å². The number of halogens is 1. The summed E-state index contributed by atoms with van der Waals surface area (Å²) < 4.78 is 23.7. The lowest BCUT2D eigenvalue weighted by atomic mass is 10.2. The lowest BCUT2D eigenvalue weighted by Gasteiger charge is -2.16. The third-order valence-corrected chi connectivity index (χ3v) is 4.99. The van der Waals surface area contributed by atoms with Gasteiger partial charge in [0.2, 0.25) is 0 Å². The topological polar surface area (TPSA) is 71.1 Å². The Kier molecular flexibility index (Phi) is 4.99. The third-order valence-electron chi connectivity index (χ3n) is 4.99. The molecule has 0 aliphatic carbocycles. The summed E-state index contributed by atoms with van der Waals surface area (Å²) in [5.74, 6) is 0.0973. The highest BCUT2D eigenvalue weighted by atomic mass is 19.1. The fourth-order valence-electron chi connectivity index (χ4n) is 3.57. The number of benzene rings is 2. The van der Waals surface area contributed by atoms with Crippen LogP contribution in [0, 0.1) is 5.82 Å². The van der Waals surface area contributed by atoms with Crippen LogP contribution in [-0.2, 0) is 6.54 Å². The Morgan fingerprint density at radius 1 is 1.07 bits per heavy atom. The number of rotatable bonds is 5. The molecule has 0 saturated heterocycles. The van der Waals surface area contributed by atoms with Gasteiger partial charge in [-0.2, -0.15) is 0 Å². The molecule has 8 heteroatoms. The third kappa shape index (κ3) is 3.10. The van der Waals surface area contributed by atoms with Crippen molar-refractivity contribution in [1.82, 2.24) is 18.7 Å². The summed E-state index contributed by atoms with van der Waals surface area (Å²) in [6, 6.07) is 13.0. The molecule has 154 valence electrons. The molecule has 4 rings (SSSR count). The van der Waals surface area contributed by atoms with Crippen LogP contribution in [0.25, 0.3) is 16.9 Å². The van der Waals surface area contributed by atoms with Gasteiger partial charge in [0.15, 0.2) is 11.2 Å². The van der Waals surface area contributed by atoms with E-state index in [0.29, 0.717) is 17.0 Å². The molecule has 0 amide bonds. The molecule has 0 N–H and O–H groups in total. The second kappa shape index (κ2) is 7.62. The quantitative estimate of drug-likeness (QED) is 0.509. The van der Waals surface area contributed by atoms with Gasteiger partial charge in [0.05, 0.1) is 25.7 Å². The van der Waals surface area contributed by atoms with E-state index >= 15 is 0 Å². The minimum atomic E-state index is -0.511. The van der Waals surface area contributed by atoms with Gasteiger partial charge >= 0.3 is 5.69 Å². The van der Waals surface area contributed by atoms with Crippen LogP contribution in [0.4, 0.5) is 4.39 Å². The maximum atomic E-state index is 14.2. The molecule has 0 saturated carbocycles. The van der Waals surface area contributed by atoms with Gasteiger partial charge in [-0.3, -0.25) is 9.36 Å². The van der Waals surface area contributed by atoms with Gasteiger partial charge < -0.3 is 9.30 Å². The Balaban J connectivity index is 2.06. The normalized spacial score (nSPS) is 11.4. The van der Waals surface area contributed by atoms with Crippen LogP contribution in [-0.4, -0.2) is 25.8 Å². The molecule has 0 bridgehead atoms. The smallest absolute Gasteiger partial charge is 0.337 e. The van der Waals surface area contributed by atoms with Gasteiger partial charge in [0.1, 0.15) is 11.6 Å². The molecule has 2 aromatic heterocycles. The van der Waals surface area contributed by atoms with Gasteiger partial charge in [0, 0.05) is 11.6 Å². The summed E-state index contributed by atoms with van der Waals surface area (Å²) in [6.45, 7) is 3.64. The number of para-hydroxylation sites is 2. The molecule has 0 aliphatic heterocycles. The van der Waals surface area contributed by atoms with Crippen LogP contribution in [0.15, 0.2) is 64.4 Å². The minimum absolute atomic E-state index is 0.112. The number of aromatic nitrogens is 4. The van der Waals surface area contributed by atoms with Crippen molar-refractivity contribution >= 4 is 11.2 Å². The maximum Gasteiger partial charge on any atom is 0.337 e. The Bertz CT molecular complexity index is 1350. The number of hydrogen-bond acceptors (Lipinski definition) is 4. The number of fused-ring (bicyclic) bond motifs is 1.